The van der Waals surface area contributed by atoms with E-state index in [1.807, 2.05) is 24.4 Å². The van der Waals surface area contributed by atoms with Crippen LogP contribution in [0.4, 0.5) is 22.7 Å². The molecule has 400 valence electrons. The summed E-state index contributed by atoms with van der Waals surface area (Å²) in [6.45, 7) is 17.9. The Morgan fingerprint density at radius 2 is 1.01 bits per heavy atom. The molecular formula is C75H61N4OPt-3. The van der Waals surface area contributed by atoms with Crippen LogP contribution in [-0.4, -0.2) is 9.55 Å². The number of rotatable bonds is 10. The maximum Gasteiger partial charge on any atom is 0.135 e. The van der Waals surface area contributed by atoms with E-state index in [-0.39, 0.29) is 31.9 Å². The van der Waals surface area contributed by atoms with E-state index >= 15 is 0 Å². The first kappa shape index (κ1) is 52.9. The average Bonchev–Trinajstić information content (AvgIpc) is 4.26. The van der Waals surface area contributed by atoms with E-state index < -0.39 is 0 Å². The number of hydrogen-bond acceptors (Lipinski definition) is 4. The van der Waals surface area contributed by atoms with Gasteiger partial charge in [-0.2, -0.15) is 12.1 Å². The van der Waals surface area contributed by atoms with Gasteiger partial charge in [0.2, 0.25) is 0 Å². The van der Waals surface area contributed by atoms with Crippen molar-refractivity contribution < 1.29 is 25.8 Å². The third kappa shape index (κ3) is 10.2. The molecule has 81 heavy (non-hydrogen) atoms. The van der Waals surface area contributed by atoms with E-state index in [0.717, 1.165) is 94.9 Å². The summed E-state index contributed by atoms with van der Waals surface area (Å²) in [6, 6.07) is 89.9. The molecule has 3 heterocycles. The molecule has 0 saturated heterocycles. The van der Waals surface area contributed by atoms with Gasteiger partial charge in [0.25, 0.3) is 0 Å². The summed E-state index contributed by atoms with van der Waals surface area (Å²) in [7, 11) is 0. The second-order valence-electron chi connectivity index (χ2n) is 23.0. The Kier molecular flexibility index (Phi) is 14.0. The first-order valence-corrected chi connectivity index (χ1v) is 27.6. The molecule has 0 spiro atoms. The Morgan fingerprint density at radius 3 is 1.70 bits per heavy atom. The summed E-state index contributed by atoms with van der Waals surface area (Å²) in [5, 5.41) is 2.17. The van der Waals surface area contributed by atoms with Crippen molar-refractivity contribution in [1.29, 1.82) is 0 Å². The van der Waals surface area contributed by atoms with Gasteiger partial charge < -0.3 is 19.1 Å². The van der Waals surface area contributed by atoms with Gasteiger partial charge in [-0.3, -0.25) is 0 Å². The largest absolute Gasteiger partial charge is 0.509 e. The molecule has 0 N–H and O–H groups in total. The third-order valence-electron chi connectivity index (χ3n) is 15.5. The molecule has 10 aromatic carbocycles. The number of aryl methyl sites for hydroxylation is 1. The minimum Gasteiger partial charge on any atom is -0.509 e. The fraction of sp³-hybridized carbons (Fsp3) is 0.120. The Balaban J connectivity index is 0.00000651. The first-order chi connectivity index (χ1) is 38.8. The standard InChI is InChI=1S/C75H61N4O.Pt/c1-50-31-33-54(34-32-50)66-48-76-72(47-67(66)75(5,6)7)79-68-42-37-56(52-21-12-9-13-22-52)44-65(68)64-41-40-61(46-71(64)79)80-60-26-17-25-59(45-60)77-49-78(70-30-15-14-29-69(70)77)73-62(53-35-38-58(39-36-53)74(2,3)4)27-18-28-63(73)57-24-16-23-55(43-57)51-19-10-8-11-20-51;/h8-44,47-49H,1-7H3;/q-3;. The Bertz CT molecular complexity index is 4270. The monoisotopic (exact) mass is 1230 g/mol. The van der Waals surface area contributed by atoms with Crippen molar-refractivity contribution in [2.45, 2.75) is 59.3 Å². The topological polar surface area (TPSA) is 33.5 Å². The van der Waals surface area contributed by atoms with Gasteiger partial charge in [0.15, 0.2) is 0 Å². The summed E-state index contributed by atoms with van der Waals surface area (Å²) in [5.41, 5.74) is 21.0. The number of para-hydroxylation sites is 3. The summed E-state index contributed by atoms with van der Waals surface area (Å²) in [5.74, 6) is 1.97. The molecule has 0 saturated carbocycles. The molecule has 0 unspecified atom stereocenters. The summed E-state index contributed by atoms with van der Waals surface area (Å²) in [4.78, 5) is 9.82. The molecular weight excluding hydrogens is 1170 g/mol. The van der Waals surface area contributed by atoms with Crippen molar-refractivity contribution in [3.05, 3.63) is 272 Å². The number of pyridine rings is 1. The van der Waals surface area contributed by atoms with Crippen LogP contribution in [-0.2, 0) is 31.9 Å². The number of anilines is 4. The van der Waals surface area contributed by atoms with Crippen LogP contribution in [0, 0.1) is 25.7 Å². The van der Waals surface area contributed by atoms with Gasteiger partial charge in [-0.1, -0.05) is 222 Å². The maximum atomic E-state index is 6.87. The molecule has 1 aliphatic rings. The van der Waals surface area contributed by atoms with Crippen molar-refractivity contribution in [2.75, 3.05) is 9.80 Å². The zero-order valence-corrected chi connectivity index (χ0v) is 48.9. The molecule has 2 aromatic heterocycles. The smallest absolute Gasteiger partial charge is 0.135 e. The molecule has 1 aliphatic heterocycles. The predicted octanol–water partition coefficient (Wildman–Crippen LogP) is 20.2. The third-order valence-corrected chi connectivity index (χ3v) is 15.5. The Hall–Kier alpha value is -8.76. The van der Waals surface area contributed by atoms with Crippen LogP contribution in [0.1, 0.15) is 58.2 Å². The summed E-state index contributed by atoms with van der Waals surface area (Å²) >= 11 is 0. The van der Waals surface area contributed by atoms with E-state index in [4.69, 9.17) is 9.72 Å². The van der Waals surface area contributed by atoms with Crippen LogP contribution in [0.3, 0.4) is 0 Å². The molecule has 0 radical (unpaired) electrons. The van der Waals surface area contributed by atoms with Gasteiger partial charge in [0.05, 0.1) is 0 Å². The van der Waals surface area contributed by atoms with Gasteiger partial charge >= 0.3 is 0 Å². The molecule has 0 bridgehead atoms. The van der Waals surface area contributed by atoms with Crippen LogP contribution >= 0.6 is 0 Å². The van der Waals surface area contributed by atoms with Crippen LogP contribution in [0.5, 0.6) is 11.5 Å². The minimum absolute atomic E-state index is 0. The van der Waals surface area contributed by atoms with E-state index in [1.54, 1.807) is 0 Å². The molecule has 6 heteroatoms. The van der Waals surface area contributed by atoms with Crippen LogP contribution in [0.25, 0.3) is 83.3 Å². The number of fused-ring (bicyclic) bond motifs is 4. The van der Waals surface area contributed by atoms with Gasteiger partial charge in [0.1, 0.15) is 5.82 Å². The van der Waals surface area contributed by atoms with Crippen LogP contribution in [0.2, 0.25) is 0 Å². The first-order valence-electron chi connectivity index (χ1n) is 27.6. The van der Waals surface area contributed by atoms with Crippen molar-refractivity contribution >= 4 is 44.6 Å². The Morgan fingerprint density at radius 1 is 0.444 bits per heavy atom. The quantitative estimate of drug-likeness (QED) is 0.128. The van der Waals surface area contributed by atoms with Crippen molar-refractivity contribution in [3.63, 3.8) is 0 Å². The fourth-order valence-corrected chi connectivity index (χ4v) is 11.3. The van der Waals surface area contributed by atoms with Crippen LogP contribution < -0.4 is 14.5 Å². The molecule has 0 fully saturated rings. The second kappa shape index (κ2) is 21.4. The van der Waals surface area contributed by atoms with E-state index in [2.05, 4.69) is 294 Å². The zero-order chi connectivity index (χ0) is 54.7. The fourth-order valence-electron chi connectivity index (χ4n) is 11.3. The molecule has 0 amide bonds. The molecule has 12 aromatic rings. The number of benzene rings is 10. The second-order valence-corrected chi connectivity index (χ2v) is 23.0. The molecule has 13 rings (SSSR count). The van der Waals surface area contributed by atoms with Crippen molar-refractivity contribution in [1.82, 2.24) is 9.55 Å². The van der Waals surface area contributed by atoms with E-state index in [1.165, 1.54) is 27.8 Å². The van der Waals surface area contributed by atoms with Gasteiger partial charge in [-0.15, -0.1) is 48.1 Å². The average molecular weight is 1230 g/mol. The minimum atomic E-state index is -0.168. The summed E-state index contributed by atoms with van der Waals surface area (Å²) in [6.07, 6.45) is 2.04. The maximum absolute atomic E-state index is 6.87. The number of hydrogen-bond donors (Lipinski definition) is 0. The zero-order valence-electron chi connectivity index (χ0n) is 46.6. The number of ether oxygens (including phenoxy) is 1. The van der Waals surface area contributed by atoms with Crippen molar-refractivity contribution in [3.8, 4) is 73.0 Å². The normalized spacial score (nSPS) is 12.4. The molecule has 0 aliphatic carbocycles. The van der Waals surface area contributed by atoms with Gasteiger partial charge in [-0.05, 0) is 104 Å². The predicted molar refractivity (Wildman–Crippen MR) is 334 cm³/mol. The number of nitrogens with zero attached hydrogens (tertiary/aromatic N) is 4. The molecule has 5 nitrogen and oxygen atoms in total. The number of aromatic nitrogens is 2. The summed E-state index contributed by atoms with van der Waals surface area (Å²) < 4.78 is 9.11. The van der Waals surface area contributed by atoms with Crippen molar-refractivity contribution in [2.24, 2.45) is 0 Å². The van der Waals surface area contributed by atoms with E-state index in [9.17, 15) is 0 Å². The SMILES string of the molecule is Cc1ccc(-c2cnc(-n3c4[c-]c(Oc5[c-]c(N6[CH-]N(c7c(-c8ccc(C(C)(C)C)cc8)cccc7-c7cccc(-c8ccccc8)c7)c7ccccc76)ccc5)ccc4c4cc(-c5ccccc5)ccc43)cc2C(C)(C)C)cc1.[Pt]. The van der Waals surface area contributed by atoms with Crippen LogP contribution in [0.15, 0.2) is 237 Å². The molecule has 0 atom stereocenters. The van der Waals surface area contributed by atoms with E-state index in [0.29, 0.717) is 11.5 Å². The van der Waals surface area contributed by atoms with Gasteiger partial charge in [-0.25, -0.2) is 4.98 Å². The van der Waals surface area contributed by atoms with Gasteiger partial charge in [0, 0.05) is 78.0 Å². The Labute approximate surface area is 491 Å².